The third-order valence-electron chi connectivity index (χ3n) is 3.56. The zero-order chi connectivity index (χ0) is 14.8. The maximum absolute atomic E-state index is 6.65. The Morgan fingerprint density at radius 3 is 2.57 bits per heavy atom. The van der Waals surface area contributed by atoms with E-state index < -0.39 is 0 Å². The van der Waals surface area contributed by atoms with Gasteiger partial charge in [-0.2, -0.15) is 0 Å². The second-order valence-electron chi connectivity index (χ2n) is 5.62. The van der Waals surface area contributed by atoms with Gasteiger partial charge in [-0.25, -0.2) is 0 Å². The highest BCUT2D eigenvalue weighted by molar-refractivity contribution is 6.22. The van der Waals surface area contributed by atoms with Crippen molar-refractivity contribution >= 4 is 11.6 Å². The van der Waals surface area contributed by atoms with E-state index in [0.29, 0.717) is 13.2 Å². The third kappa shape index (κ3) is 3.22. The molecule has 0 spiro atoms. The molecule has 2 aromatic rings. The van der Waals surface area contributed by atoms with Crippen LogP contribution in [0.5, 0.6) is 5.75 Å². The van der Waals surface area contributed by atoms with Gasteiger partial charge in [0.05, 0.1) is 24.7 Å². The van der Waals surface area contributed by atoms with Crippen LogP contribution >= 0.6 is 11.6 Å². The minimum atomic E-state index is -0.174. The molecular formula is C18H19ClO2. The summed E-state index contributed by atoms with van der Waals surface area (Å²) >= 11 is 6.65. The summed E-state index contributed by atoms with van der Waals surface area (Å²) in [5.41, 5.74) is 4.66. The lowest BCUT2D eigenvalue weighted by Gasteiger charge is -2.15. The smallest absolute Gasteiger partial charge is 0.120 e. The molecule has 1 unspecified atom stereocenters. The van der Waals surface area contributed by atoms with E-state index in [-0.39, 0.29) is 11.5 Å². The largest absolute Gasteiger partial charge is 0.491 e. The molecule has 3 rings (SSSR count). The zero-order valence-electron chi connectivity index (χ0n) is 12.3. The van der Waals surface area contributed by atoms with E-state index in [1.54, 1.807) is 0 Å². The lowest BCUT2D eigenvalue weighted by atomic mass is 10.00. The predicted molar refractivity (Wildman–Crippen MR) is 84.8 cm³/mol. The van der Waals surface area contributed by atoms with Crippen LogP contribution in [0.3, 0.4) is 0 Å². The molecule has 2 aromatic carbocycles. The standard InChI is InChI=1S/C18H19ClO2/c1-12(2)21-17-5-3-4-13(9-17)18(19)14-6-7-15-10-20-11-16(15)8-14/h3-9,12,18H,10-11H2,1-2H3. The van der Waals surface area contributed by atoms with Gasteiger partial charge in [0, 0.05) is 0 Å². The third-order valence-corrected chi connectivity index (χ3v) is 4.06. The summed E-state index contributed by atoms with van der Waals surface area (Å²) in [4.78, 5) is 0. The summed E-state index contributed by atoms with van der Waals surface area (Å²) < 4.78 is 11.2. The van der Waals surface area contributed by atoms with Gasteiger partial charge in [-0.15, -0.1) is 11.6 Å². The number of rotatable bonds is 4. The van der Waals surface area contributed by atoms with E-state index >= 15 is 0 Å². The Kier molecular flexibility index (Phi) is 4.18. The molecule has 1 heterocycles. The van der Waals surface area contributed by atoms with Crippen LogP contribution in [0.25, 0.3) is 0 Å². The maximum atomic E-state index is 6.65. The number of alkyl halides is 1. The number of hydrogen-bond donors (Lipinski definition) is 0. The second-order valence-corrected chi connectivity index (χ2v) is 6.06. The Morgan fingerprint density at radius 2 is 1.76 bits per heavy atom. The van der Waals surface area contributed by atoms with Gasteiger partial charge < -0.3 is 9.47 Å². The molecule has 1 atom stereocenters. The first-order valence-corrected chi connectivity index (χ1v) is 7.67. The van der Waals surface area contributed by atoms with E-state index in [2.05, 4.69) is 18.2 Å². The first-order valence-electron chi connectivity index (χ1n) is 7.23. The molecule has 0 amide bonds. The van der Waals surface area contributed by atoms with Gasteiger partial charge in [0.2, 0.25) is 0 Å². The quantitative estimate of drug-likeness (QED) is 0.753. The topological polar surface area (TPSA) is 18.5 Å². The Balaban J connectivity index is 1.86. The summed E-state index contributed by atoms with van der Waals surface area (Å²) in [5.74, 6) is 0.859. The van der Waals surface area contributed by atoms with Crippen LogP contribution in [-0.4, -0.2) is 6.10 Å². The molecule has 0 aromatic heterocycles. The molecule has 1 aliphatic heterocycles. The van der Waals surface area contributed by atoms with Gasteiger partial charge >= 0.3 is 0 Å². The lowest BCUT2D eigenvalue weighted by molar-refractivity contribution is 0.134. The Bertz CT molecular complexity index is 637. The summed E-state index contributed by atoms with van der Waals surface area (Å²) in [7, 11) is 0. The van der Waals surface area contributed by atoms with Crippen molar-refractivity contribution in [2.45, 2.75) is 38.5 Å². The average Bonchev–Trinajstić information content (AvgIpc) is 2.93. The van der Waals surface area contributed by atoms with E-state index in [0.717, 1.165) is 16.9 Å². The molecule has 0 radical (unpaired) electrons. The minimum absolute atomic E-state index is 0.158. The van der Waals surface area contributed by atoms with Crippen LogP contribution in [-0.2, 0) is 18.0 Å². The fraction of sp³-hybridized carbons (Fsp3) is 0.333. The molecule has 0 aliphatic carbocycles. The summed E-state index contributed by atoms with van der Waals surface area (Å²) in [6.45, 7) is 5.43. The second kappa shape index (κ2) is 6.08. The van der Waals surface area contributed by atoms with Crippen molar-refractivity contribution in [1.29, 1.82) is 0 Å². The molecule has 3 heteroatoms. The molecule has 0 saturated carbocycles. The number of ether oxygens (including phenoxy) is 2. The molecular weight excluding hydrogens is 284 g/mol. The fourth-order valence-corrected chi connectivity index (χ4v) is 2.83. The highest BCUT2D eigenvalue weighted by atomic mass is 35.5. The lowest BCUT2D eigenvalue weighted by Crippen LogP contribution is -2.06. The van der Waals surface area contributed by atoms with Crippen LogP contribution in [0.2, 0.25) is 0 Å². The summed E-state index contributed by atoms with van der Waals surface area (Å²) in [5, 5.41) is -0.174. The Morgan fingerprint density at radius 1 is 1.00 bits per heavy atom. The highest BCUT2D eigenvalue weighted by Crippen LogP contribution is 2.33. The number of benzene rings is 2. The van der Waals surface area contributed by atoms with Gasteiger partial charge in [-0.05, 0) is 48.2 Å². The summed E-state index contributed by atoms with van der Waals surface area (Å²) in [6, 6.07) is 14.3. The monoisotopic (exact) mass is 302 g/mol. The van der Waals surface area contributed by atoms with Crippen molar-refractivity contribution in [3.63, 3.8) is 0 Å². The molecule has 21 heavy (non-hydrogen) atoms. The van der Waals surface area contributed by atoms with Crippen LogP contribution in [0.15, 0.2) is 42.5 Å². The van der Waals surface area contributed by atoms with Crippen molar-refractivity contribution in [3.8, 4) is 5.75 Å². The van der Waals surface area contributed by atoms with Gasteiger partial charge in [0.15, 0.2) is 0 Å². The zero-order valence-corrected chi connectivity index (χ0v) is 13.1. The number of hydrogen-bond acceptors (Lipinski definition) is 2. The number of fused-ring (bicyclic) bond motifs is 1. The van der Waals surface area contributed by atoms with Crippen molar-refractivity contribution < 1.29 is 9.47 Å². The molecule has 0 saturated heterocycles. The molecule has 2 nitrogen and oxygen atoms in total. The normalized spacial score (nSPS) is 15.0. The fourth-order valence-electron chi connectivity index (χ4n) is 2.56. The van der Waals surface area contributed by atoms with E-state index in [1.807, 2.05) is 38.1 Å². The maximum Gasteiger partial charge on any atom is 0.120 e. The van der Waals surface area contributed by atoms with Crippen LogP contribution < -0.4 is 4.74 Å². The summed E-state index contributed by atoms with van der Waals surface area (Å²) in [6.07, 6.45) is 0.158. The van der Waals surface area contributed by atoms with E-state index in [9.17, 15) is 0 Å². The SMILES string of the molecule is CC(C)Oc1cccc(C(Cl)c2ccc3c(c2)COC3)c1. The van der Waals surface area contributed by atoms with Gasteiger partial charge in [0.25, 0.3) is 0 Å². The van der Waals surface area contributed by atoms with Gasteiger partial charge in [0.1, 0.15) is 5.75 Å². The van der Waals surface area contributed by atoms with Gasteiger partial charge in [-0.1, -0.05) is 30.3 Å². The number of halogens is 1. The Hall–Kier alpha value is -1.51. The predicted octanol–water partition coefficient (Wildman–Crippen LogP) is 4.83. The van der Waals surface area contributed by atoms with Crippen molar-refractivity contribution in [1.82, 2.24) is 0 Å². The average molecular weight is 303 g/mol. The molecule has 0 fully saturated rings. The van der Waals surface area contributed by atoms with Crippen LogP contribution in [0.4, 0.5) is 0 Å². The first kappa shape index (κ1) is 14.4. The van der Waals surface area contributed by atoms with Crippen molar-refractivity contribution in [2.24, 2.45) is 0 Å². The molecule has 0 bridgehead atoms. The van der Waals surface area contributed by atoms with E-state index in [1.165, 1.54) is 11.1 Å². The highest BCUT2D eigenvalue weighted by Gasteiger charge is 2.16. The van der Waals surface area contributed by atoms with E-state index in [4.69, 9.17) is 21.1 Å². The van der Waals surface area contributed by atoms with Crippen LogP contribution in [0, 0.1) is 0 Å². The van der Waals surface area contributed by atoms with Gasteiger partial charge in [-0.3, -0.25) is 0 Å². The molecule has 110 valence electrons. The molecule has 0 N–H and O–H groups in total. The van der Waals surface area contributed by atoms with Crippen LogP contribution in [0.1, 0.15) is 41.5 Å². The Labute approximate surface area is 130 Å². The van der Waals surface area contributed by atoms with Crippen molar-refractivity contribution in [3.05, 3.63) is 64.7 Å². The minimum Gasteiger partial charge on any atom is -0.491 e. The first-order chi connectivity index (χ1) is 10.1. The van der Waals surface area contributed by atoms with Crippen molar-refractivity contribution in [2.75, 3.05) is 0 Å². The molecule has 1 aliphatic rings.